The molecule has 0 saturated carbocycles. The van der Waals surface area contributed by atoms with E-state index in [0.29, 0.717) is 31.0 Å². The molecule has 1 aromatic carbocycles. The zero-order valence-electron chi connectivity index (χ0n) is 17.7. The normalized spacial score (nSPS) is 16.9. The second kappa shape index (κ2) is 9.29. The van der Waals surface area contributed by atoms with Gasteiger partial charge in [0, 0.05) is 30.1 Å². The zero-order valence-corrected chi connectivity index (χ0v) is 19.3. The van der Waals surface area contributed by atoms with E-state index in [1.807, 2.05) is 4.90 Å². The number of carbonyl (C=O) groups is 1. The van der Waals surface area contributed by atoms with Crippen LogP contribution in [-0.4, -0.2) is 51.9 Å². The molecule has 1 fully saturated rings. The van der Waals surface area contributed by atoms with Crippen LogP contribution in [-0.2, 0) is 17.8 Å². The monoisotopic (exact) mass is 473 g/mol. The lowest BCUT2D eigenvalue weighted by Crippen LogP contribution is -2.38. The molecule has 0 aliphatic carbocycles. The average molecular weight is 474 g/mol. The molecule has 4 heterocycles. The van der Waals surface area contributed by atoms with Crippen molar-refractivity contribution in [2.45, 2.75) is 38.6 Å². The van der Waals surface area contributed by atoms with E-state index in [1.165, 1.54) is 42.1 Å². The SMILES string of the molecule is O=C(CCN1CCCCC1)N1CCc2c(sc3ncnc(Nc4ccc(F)c(Cl)c4)c23)C1. The number of hydrogen-bond donors (Lipinski definition) is 1. The predicted octanol–water partition coefficient (Wildman–Crippen LogP) is 4.99. The summed E-state index contributed by atoms with van der Waals surface area (Å²) in [5, 5.41) is 4.30. The second-order valence-electron chi connectivity index (χ2n) is 8.38. The number of benzene rings is 1. The number of amides is 1. The van der Waals surface area contributed by atoms with Crippen LogP contribution in [0.5, 0.6) is 0 Å². The van der Waals surface area contributed by atoms with E-state index in [2.05, 4.69) is 20.2 Å². The molecule has 1 saturated heterocycles. The lowest BCUT2D eigenvalue weighted by Gasteiger charge is -2.30. The van der Waals surface area contributed by atoms with Gasteiger partial charge in [0.2, 0.25) is 5.91 Å². The molecule has 1 amide bonds. The van der Waals surface area contributed by atoms with E-state index < -0.39 is 5.82 Å². The van der Waals surface area contributed by atoms with E-state index in [0.717, 1.165) is 36.3 Å². The minimum atomic E-state index is -0.456. The fraction of sp³-hybridized carbons (Fsp3) is 0.435. The van der Waals surface area contributed by atoms with Gasteiger partial charge >= 0.3 is 0 Å². The first-order valence-electron chi connectivity index (χ1n) is 11.1. The predicted molar refractivity (Wildman–Crippen MR) is 126 cm³/mol. The van der Waals surface area contributed by atoms with Crippen molar-refractivity contribution in [2.75, 3.05) is 31.5 Å². The van der Waals surface area contributed by atoms with Gasteiger partial charge in [0.1, 0.15) is 22.8 Å². The summed E-state index contributed by atoms with van der Waals surface area (Å²) in [6.45, 7) is 4.41. The van der Waals surface area contributed by atoms with Crippen LogP contribution in [0.1, 0.15) is 36.1 Å². The van der Waals surface area contributed by atoms with Crippen molar-refractivity contribution in [1.82, 2.24) is 19.8 Å². The number of hydrogen-bond acceptors (Lipinski definition) is 6. The molecule has 2 aliphatic rings. The number of fused-ring (bicyclic) bond motifs is 3. The van der Waals surface area contributed by atoms with Gasteiger partial charge in [-0.1, -0.05) is 18.0 Å². The van der Waals surface area contributed by atoms with Crippen LogP contribution in [0.4, 0.5) is 15.9 Å². The lowest BCUT2D eigenvalue weighted by atomic mass is 10.0. The molecule has 1 N–H and O–H groups in total. The molecule has 0 atom stereocenters. The Bertz CT molecular complexity index is 1150. The molecule has 2 aromatic heterocycles. The number of aromatic nitrogens is 2. The Balaban J connectivity index is 1.32. The zero-order chi connectivity index (χ0) is 22.1. The minimum Gasteiger partial charge on any atom is -0.340 e. The third-order valence-electron chi connectivity index (χ3n) is 6.26. The Morgan fingerprint density at radius 3 is 2.84 bits per heavy atom. The molecular formula is C23H25ClFN5OS. The average Bonchev–Trinajstić information content (AvgIpc) is 3.19. The van der Waals surface area contributed by atoms with Gasteiger partial charge in [-0.15, -0.1) is 11.3 Å². The second-order valence-corrected chi connectivity index (χ2v) is 9.87. The summed E-state index contributed by atoms with van der Waals surface area (Å²) in [5.41, 5.74) is 1.86. The van der Waals surface area contributed by atoms with Crippen molar-refractivity contribution in [3.8, 4) is 0 Å². The van der Waals surface area contributed by atoms with Crippen molar-refractivity contribution in [2.24, 2.45) is 0 Å². The highest BCUT2D eigenvalue weighted by Crippen LogP contribution is 2.38. The first-order valence-corrected chi connectivity index (χ1v) is 12.3. The number of rotatable bonds is 5. The molecule has 0 unspecified atom stereocenters. The number of likely N-dealkylation sites (tertiary alicyclic amines) is 1. The molecular weight excluding hydrogens is 449 g/mol. The van der Waals surface area contributed by atoms with Gasteiger partial charge in [0.05, 0.1) is 17.0 Å². The Morgan fingerprint density at radius 2 is 2.03 bits per heavy atom. The van der Waals surface area contributed by atoms with Crippen LogP contribution in [0.3, 0.4) is 0 Å². The van der Waals surface area contributed by atoms with Gasteiger partial charge in [0.15, 0.2) is 0 Å². The van der Waals surface area contributed by atoms with E-state index >= 15 is 0 Å². The number of nitrogens with one attached hydrogen (secondary N) is 1. The number of anilines is 2. The van der Waals surface area contributed by atoms with Gasteiger partial charge in [-0.25, -0.2) is 14.4 Å². The summed E-state index contributed by atoms with van der Waals surface area (Å²) in [4.78, 5) is 28.2. The maximum Gasteiger partial charge on any atom is 0.224 e. The van der Waals surface area contributed by atoms with Crippen LogP contribution in [0.25, 0.3) is 10.2 Å². The number of halogens is 2. The Morgan fingerprint density at radius 1 is 1.19 bits per heavy atom. The van der Waals surface area contributed by atoms with Gasteiger partial charge in [0.25, 0.3) is 0 Å². The number of nitrogens with zero attached hydrogens (tertiary/aromatic N) is 4. The van der Waals surface area contributed by atoms with Gasteiger partial charge < -0.3 is 15.1 Å². The number of thiophene rings is 1. The van der Waals surface area contributed by atoms with E-state index in [-0.39, 0.29) is 10.9 Å². The van der Waals surface area contributed by atoms with Crippen molar-refractivity contribution in [1.29, 1.82) is 0 Å². The summed E-state index contributed by atoms with van der Waals surface area (Å²) in [6.07, 6.45) is 6.67. The maximum atomic E-state index is 13.5. The lowest BCUT2D eigenvalue weighted by molar-refractivity contribution is -0.132. The van der Waals surface area contributed by atoms with E-state index in [9.17, 15) is 9.18 Å². The fourth-order valence-electron chi connectivity index (χ4n) is 4.54. The number of piperidine rings is 1. The van der Waals surface area contributed by atoms with Crippen molar-refractivity contribution in [3.63, 3.8) is 0 Å². The molecule has 3 aromatic rings. The first-order chi connectivity index (χ1) is 15.6. The third-order valence-corrected chi connectivity index (χ3v) is 7.68. The molecule has 9 heteroatoms. The Hall–Kier alpha value is -2.29. The number of carbonyl (C=O) groups excluding carboxylic acids is 1. The maximum absolute atomic E-state index is 13.5. The van der Waals surface area contributed by atoms with Crippen molar-refractivity contribution >= 4 is 50.6 Å². The van der Waals surface area contributed by atoms with Gasteiger partial charge in [-0.2, -0.15) is 0 Å². The molecule has 6 nitrogen and oxygen atoms in total. The minimum absolute atomic E-state index is 0.0614. The van der Waals surface area contributed by atoms with Crippen molar-refractivity contribution in [3.05, 3.63) is 45.8 Å². The highest BCUT2D eigenvalue weighted by atomic mass is 35.5. The quantitative estimate of drug-likeness (QED) is 0.565. The van der Waals surface area contributed by atoms with Gasteiger partial charge in [-0.3, -0.25) is 4.79 Å². The van der Waals surface area contributed by atoms with Crippen LogP contribution < -0.4 is 5.32 Å². The summed E-state index contributed by atoms with van der Waals surface area (Å²) >= 11 is 7.54. The van der Waals surface area contributed by atoms with Crippen LogP contribution in [0, 0.1) is 5.82 Å². The summed E-state index contributed by atoms with van der Waals surface area (Å²) in [7, 11) is 0. The Labute approximate surface area is 195 Å². The van der Waals surface area contributed by atoms with Gasteiger partial charge in [-0.05, 0) is 56.1 Å². The Kier molecular flexibility index (Phi) is 6.26. The topological polar surface area (TPSA) is 61.4 Å². The highest BCUT2D eigenvalue weighted by Gasteiger charge is 2.26. The molecule has 0 spiro atoms. The largest absolute Gasteiger partial charge is 0.340 e. The highest BCUT2D eigenvalue weighted by molar-refractivity contribution is 7.19. The molecule has 2 aliphatic heterocycles. The first kappa shape index (κ1) is 21.6. The summed E-state index contributed by atoms with van der Waals surface area (Å²) in [5.74, 6) is 0.451. The molecule has 168 valence electrons. The van der Waals surface area contributed by atoms with E-state index in [1.54, 1.807) is 23.5 Å². The molecule has 0 bridgehead atoms. The molecule has 32 heavy (non-hydrogen) atoms. The smallest absolute Gasteiger partial charge is 0.224 e. The molecule has 5 rings (SSSR count). The third kappa shape index (κ3) is 4.44. The van der Waals surface area contributed by atoms with Crippen LogP contribution in [0.15, 0.2) is 24.5 Å². The molecule has 0 radical (unpaired) electrons. The standard InChI is InChI=1S/C23H25ClFN5OS/c24-17-12-15(4-5-18(17)25)28-22-21-16-6-11-30(13-19(16)32-23(21)27-14-26-22)20(31)7-10-29-8-2-1-3-9-29/h4-5,12,14H,1-3,6-11,13H2,(H,26,27,28). The van der Waals surface area contributed by atoms with Crippen LogP contribution >= 0.6 is 22.9 Å². The van der Waals surface area contributed by atoms with Crippen LogP contribution in [0.2, 0.25) is 5.02 Å². The van der Waals surface area contributed by atoms with Crippen molar-refractivity contribution < 1.29 is 9.18 Å². The summed E-state index contributed by atoms with van der Waals surface area (Å²) in [6, 6.07) is 4.52. The van der Waals surface area contributed by atoms with E-state index in [4.69, 9.17) is 11.6 Å². The fourth-order valence-corrected chi connectivity index (χ4v) is 5.92. The summed E-state index contributed by atoms with van der Waals surface area (Å²) < 4.78 is 13.5.